The molecule has 10 nitrogen and oxygen atoms in total. The predicted octanol–water partition coefficient (Wildman–Crippen LogP) is 3.69. The Balaban J connectivity index is 1.35. The molecule has 4 heterocycles. The summed E-state index contributed by atoms with van der Waals surface area (Å²) in [5, 5.41) is 2.54. The van der Waals surface area contributed by atoms with E-state index in [9.17, 15) is 14.4 Å². The van der Waals surface area contributed by atoms with E-state index >= 15 is 0 Å². The second kappa shape index (κ2) is 11.4. The zero-order valence-electron chi connectivity index (χ0n) is 23.1. The number of piperidine rings is 1. The Labute approximate surface area is 253 Å². The van der Waals surface area contributed by atoms with Gasteiger partial charge >= 0.3 is 0 Å². The predicted molar refractivity (Wildman–Crippen MR) is 161 cm³/mol. The van der Waals surface area contributed by atoms with Gasteiger partial charge in [0.05, 0.1) is 29.3 Å². The van der Waals surface area contributed by atoms with Crippen LogP contribution in [0.2, 0.25) is 5.02 Å². The van der Waals surface area contributed by atoms with Crippen molar-refractivity contribution in [3.05, 3.63) is 93.2 Å². The standard InChI is InChI=1S/C30H31Cl2N7O3/c1-36-13-11-30(29(36)42)10-5-12-37(18-30)28(41)25(14-20-6-3-2-4-7-20)38-19-33-23(16-27(38)40)22-15-21(31)8-9-24(22)39-17-26(32)34-35-39/h2-4,6-9,15-17,19,25,34-35H,5,10-14,18H2,1H3/t25-,30?/m0/s1. The van der Waals surface area contributed by atoms with Crippen molar-refractivity contribution < 1.29 is 9.59 Å². The van der Waals surface area contributed by atoms with Gasteiger partial charge in [0.1, 0.15) is 11.2 Å². The number of hydrazine groups is 2. The van der Waals surface area contributed by atoms with Crippen molar-refractivity contribution in [2.24, 2.45) is 5.41 Å². The summed E-state index contributed by atoms with van der Waals surface area (Å²) >= 11 is 12.4. The van der Waals surface area contributed by atoms with Crippen LogP contribution in [0.1, 0.15) is 30.9 Å². The van der Waals surface area contributed by atoms with Gasteiger partial charge in [-0.3, -0.25) is 29.4 Å². The van der Waals surface area contributed by atoms with E-state index < -0.39 is 11.5 Å². The minimum Gasteiger partial charge on any atom is -0.345 e. The number of likely N-dealkylation sites (tertiary alicyclic amines) is 2. The zero-order valence-corrected chi connectivity index (χ0v) is 24.6. The third kappa shape index (κ3) is 5.37. The van der Waals surface area contributed by atoms with Gasteiger partial charge in [-0.2, -0.15) is 0 Å². The number of rotatable bonds is 6. The molecule has 2 fully saturated rings. The Morgan fingerprint density at radius 2 is 1.88 bits per heavy atom. The maximum Gasteiger partial charge on any atom is 0.254 e. The number of anilines is 1. The minimum atomic E-state index is -0.823. The summed E-state index contributed by atoms with van der Waals surface area (Å²) in [6, 6.07) is 15.5. The van der Waals surface area contributed by atoms with Crippen LogP contribution in [-0.2, 0) is 16.0 Å². The lowest BCUT2D eigenvalue weighted by molar-refractivity contribution is -0.144. The molecule has 218 valence electrons. The van der Waals surface area contributed by atoms with Gasteiger partial charge < -0.3 is 9.80 Å². The maximum atomic E-state index is 14.2. The highest BCUT2D eigenvalue weighted by atomic mass is 35.5. The molecule has 1 unspecified atom stereocenters. The quantitative estimate of drug-likeness (QED) is 0.412. The second-order valence-electron chi connectivity index (χ2n) is 11.1. The molecular weight excluding hydrogens is 577 g/mol. The highest BCUT2D eigenvalue weighted by Gasteiger charge is 2.49. The Hall–Kier alpha value is -3.86. The molecule has 1 aromatic heterocycles. The van der Waals surface area contributed by atoms with Gasteiger partial charge in [0, 0.05) is 49.8 Å². The normalized spacial score (nSPS) is 21.1. The topological polar surface area (TPSA) is 103 Å². The molecule has 2 aromatic carbocycles. The fourth-order valence-corrected chi connectivity index (χ4v) is 6.49. The van der Waals surface area contributed by atoms with Gasteiger partial charge in [-0.05, 0) is 43.0 Å². The van der Waals surface area contributed by atoms with Crippen molar-refractivity contribution in [3.63, 3.8) is 0 Å². The Morgan fingerprint density at radius 3 is 2.57 bits per heavy atom. The second-order valence-corrected chi connectivity index (χ2v) is 11.9. The molecule has 3 aliphatic rings. The zero-order chi connectivity index (χ0) is 29.4. The molecule has 42 heavy (non-hydrogen) atoms. The van der Waals surface area contributed by atoms with Gasteiger partial charge in [0.2, 0.25) is 11.8 Å². The van der Waals surface area contributed by atoms with Crippen molar-refractivity contribution >= 4 is 40.7 Å². The summed E-state index contributed by atoms with van der Waals surface area (Å²) in [5.41, 5.74) is 7.41. The minimum absolute atomic E-state index is 0.0962. The van der Waals surface area contributed by atoms with Gasteiger partial charge in [0.25, 0.3) is 5.56 Å². The summed E-state index contributed by atoms with van der Waals surface area (Å²) in [6.45, 7) is 1.59. The van der Waals surface area contributed by atoms with Crippen LogP contribution in [0.25, 0.3) is 11.3 Å². The van der Waals surface area contributed by atoms with Crippen LogP contribution in [0.4, 0.5) is 5.69 Å². The average molecular weight is 609 g/mol. The first-order valence-corrected chi connectivity index (χ1v) is 14.6. The molecule has 3 aliphatic heterocycles. The molecule has 6 rings (SSSR count). The highest BCUT2D eigenvalue weighted by Crippen LogP contribution is 2.40. The van der Waals surface area contributed by atoms with Crippen LogP contribution < -0.4 is 21.5 Å². The SMILES string of the molecule is CN1CCC2(CCCN(C(=O)[C@H](Cc3ccccc3)n3cnc(-c4cc(Cl)ccc4N4C=C(Cl)NN4)cc3=O)C2)C1=O. The number of benzene rings is 2. The van der Waals surface area contributed by atoms with Crippen LogP contribution in [0, 0.1) is 5.41 Å². The molecule has 1 spiro atoms. The van der Waals surface area contributed by atoms with Gasteiger partial charge in [0.15, 0.2) is 0 Å². The molecule has 12 heteroatoms. The lowest BCUT2D eigenvalue weighted by Crippen LogP contribution is -2.52. The van der Waals surface area contributed by atoms with Crippen molar-refractivity contribution in [2.45, 2.75) is 31.7 Å². The van der Waals surface area contributed by atoms with Crippen molar-refractivity contribution in [2.75, 3.05) is 31.7 Å². The van der Waals surface area contributed by atoms with Crippen molar-refractivity contribution in [3.8, 4) is 11.3 Å². The summed E-state index contributed by atoms with van der Waals surface area (Å²) < 4.78 is 1.40. The van der Waals surface area contributed by atoms with Crippen molar-refractivity contribution in [1.82, 2.24) is 30.3 Å². The highest BCUT2D eigenvalue weighted by molar-refractivity contribution is 6.31. The van der Waals surface area contributed by atoms with E-state index in [4.69, 9.17) is 23.2 Å². The maximum absolute atomic E-state index is 14.2. The third-order valence-electron chi connectivity index (χ3n) is 8.38. The smallest absolute Gasteiger partial charge is 0.254 e. The molecule has 0 bridgehead atoms. The number of amides is 2. The number of aromatic nitrogens is 2. The first-order chi connectivity index (χ1) is 20.2. The molecule has 2 N–H and O–H groups in total. The average Bonchev–Trinajstić information content (AvgIpc) is 3.55. The monoisotopic (exact) mass is 607 g/mol. The molecule has 0 saturated carbocycles. The number of carbonyl (C=O) groups is 2. The number of halogens is 2. The Kier molecular flexibility index (Phi) is 7.69. The number of nitrogens with zero attached hydrogens (tertiary/aromatic N) is 5. The molecule has 3 aromatic rings. The van der Waals surface area contributed by atoms with Crippen LogP contribution in [0.5, 0.6) is 0 Å². The summed E-state index contributed by atoms with van der Waals surface area (Å²) in [5.74, 6) is -0.0913. The van der Waals surface area contributed by atoms with Gasteiger partial charge in [-0.25, -0.2) is 4.98 Å². The Morgan fingerprint density at radius 1 is 1.07 bits per heavy atom. The molecule has 0 aliphatic carbocycles. The fourth-order valence-electron chi connectivity index (χ4n) is 6.18. The lowest BCUT2D eigenvalue weighted by Gasteiger charge is -2.40. The fraction of sp³-hybridized carbons (Fsp3) is 0.333. The molecule has 0 radical (unpaired) electrons. The van der Waals surface area contributed by atoms with E-state index in [0.29, 0.717) is 53.2 Å². The van der Waals surface area contributed by atoms with Crippen LogP contribution in [0.3, 0.4) is 0 Å². The van der Waals surface area contributed by atoms with E-state index in [1.165, 1.54) is 17.0 Å². The summed E-state index contributed by atoms with van der Waals surface area (Å²) in [6.07, 6.45) is 5.64. The number of carbonyl (C=O) groups excluding carboxylic acids is 2. The first kappa shape index (κ1) is 28.3. The van der Waals surface area contributed by atoms with Crippen LogP contribution in [0.15, 0.2) is 77.1 Å². The van der Waals surface area contributed by atoms with Gasteiger partial charge in [-0.15, -0.1) is 5.53 Å². The molecular formula is C30H31Cl2N7O3. The molecule has 2 atom stereocenters. The lowest BCUT2D eigenvalue weighted by atomic mass is 9.78. The third-order valence-corrected chi connectivity index (χ3v) is 8.80. The van der Waals surface area contributed by atoms with Crippen molar-refractivity contribution in [1.29, 1.82) is 0 Å². The van der Waals surface area contributed by atoms with E-state index in [0.717, 1.165) is 24.8 Å². The van der Waals surface area contributed by atoms with Gasteiger partial charge in [-0.1, -0.05) is 53.5 Å². The molecule has 2 saturated heterocycles. The van der Waals surface area contributed by atoms with E-state index in [1.54, 1.807) is 39.2 Å². The Bertz CT molecular complexity index is 1610. The molecule has 2 amide bonds. The first-order valence-electron chi connectivity index (χ1n) is 13.9. The number of hydrogen-bond donors (Lipinski definition) is 2. The van der Waals surface area contributed by atoms with E-state index in [-0.39, 0.29) is 17.4 Å². The van der Waals surface area contributed by atoms with E-state index in [2.05, 4.69) is 15.9 Å². The number of hydrogen-bond acceptors (Lipinski definition) is 7. The van der Waals surface area contributed by atoms with Crippen LogP contribution in [-0.4, -0.2) is 57.8 Å². The van der Waals surface area contributed by atoms with E-state index in [1.807, 2.05) is 37.4 Å². The summed E-state index contributed by atoms with van der Waals surface area (Å²) in [7, 11) is 1.81. The van der Waals surface area contributed by atoms with Crippen LogP contribution >= 0.6 is 23.2 Å². The largest absolute Gasteiger partial charge is 0.345 e. The number of nitrogens with one attached hydrogen (secondary N) is 2. The summed E-state index contributed by atoms with van der Waals surface area (Å²) in [4.78, 5) is 49.1.